The lowest BCUT2D eigenvalue weighted by Crippen LogP contribution is -2.51. The molecule has 1 aliphatic heterocycles. The second-order valence-corrected chi connectivity index (χ2v) is 8.72. The zero-order valence-electron chi connectivity index (χ0n) is 17.7. The first-order valence-electron chi connectivity index (χ1n) is 9.77. The largest absolute Gasteiger partial charge is 0.461 e. The number of aromatic nitrogens is 1. The number of alkyl halides is 3. The smallest absolute Gasteiger partial charge is 0.417 e. The number of rotatable bonds is 7. The Kier molecular flexibility index (Phi) is 6.70. The van der Waals surface area contributed by atoms with Crippen LogP contribution in [0.1, 0.15) is 42.4 Å². The van der Waals surface area contributed by atoms with Gasteiger partial charge >= 0.3 is 12.1 Å². The molecule has 7 nitrogen and oxygen atoms in total. The lowest BCUT2D eigenvalue weighted by Gasteiger charge is -2.34. The fourth-order valence-electron chi connectivity index (χ4n) is 3.75. The SMILES string of the molecule is CCOC(=O)c1cc(CN2CN(c3cc(C(F)(F)F)cs3)C(C(=O)C=O)C2(C)C)ccn1. The molecule has 2 aromatic heterocycles. The number of carbonyl (C=O) groups is 3. The van der Waals surface area contributed by atoms with Crippen LogP contribution in [-0.2, 0) is 27.0 Å². The number of nitrogens with zero attached hydrogens (tertiary/aromatic N) is 3. The van der Waals surface area contributed by atoms with Gasteiger partial charge in [-0.2, -0.15) is 13.2 Å². The Bertz CT molecular complexity index is 1020. The standard InChI is InChI=1S/C21H22F3N3O4S/c1-4-31-19(30)15-7-13(5-6-25-15)9-26-12-27(18(16(29)10-28)20(26,2)3)17-8-14(11-32-17)21(22,23)24/h5-8,10-11,18H,4,9,12H2,1-3H3. The van der Waals surface area contributed by atoms with Crippen LogP contribution in [0.4, 0.5) is 18.2 Å². The van der Waals surface area contributed by atoms with E-state index in [1.807, 2.05) is 4.90 Å². The zero-order valence-corrected chi connectivity index (χ0v) is 18.5. The van der Waals surface area contributed by atoms with E-state index in [-0.39, 0.29) is 36.8 Å². The number of hydrogen-bond acceptors (Lipinski definition) is 8. The predicted octanol–water partition coefficient (Wildman–Crippen LogP) is 3.53. The molecule has 0 N–H and O–H groups in total. The summed E-state index contributed by atoms with van der Waals surface area (Å²) in [5.74, 6) is -1.29. The van der Waals surface area contributed by atoms with Crippen LogP contribution in [0.5, 0.6) is 0 Å². The number of carbonyl (C=O) groups excluding carboxylic acids is 3. The highest BCUT2D eigenvalue weighted by atomic mass is 32.1. The summed E-state index contributed by atoms with van der Waals surface area (Å²) in [4.78, 5) is 43.2. The summed E-state index contributed by atoms with van der Waals surface area (Å²) in [6.07, 6.45) is -2.84. The molecule has 0 spiro atoms. The van der Waals surface area contributed by atoms with Crippen molar-refractivity contribution in [1.82, 2.24) is 9.88 Å². The quantitative estimate of drug-likeness (QED) is 0.349. The molecule has 0 aliphatic carbocycles. The summed E-state index contributed by atoms with van der Waals surface area (Å²) in [7, 11) is 0. The monoisotopic (exact) mass is 469 g/mol. The Morgan fingerprint density at radius 2 is 2.06 bits per heavy atom. The molecule has 1 atom stereocenters. The van der Waals surface area contributed by atoms with Crippen molar-refractivity contribution in [2.75, 3.05) is 18.2 Å². The van der Waals surface area contributed by atoms with Gasteiger partial charge in [0.25, 0.3) is 0 Å². The molecule has 11 heteroatoms. The third-order valence-corrected chi connectivity index (χ3v) is 6.35. The van der Waals surface area contributed by atoms with E-state index in [9.17, 15) is 27.6 Å². The lowest BCUT2D eigenvalue weighted by molar-refractivity contribution is -0.137. The number of hydrogen-bond donors (Lipinski definition) is 0. The lowest BCUT2D eigenvalue weighted by atomic mass is 9.91. The topological polar surface area (TPSA) is 79.8 Å². The van der Waals surface area contributed by atoms with Gasteiger partial charge in [0.15, 0.2) is 6.29 Å². The minimum absolute atomic E-state index is 0.117. The molecule has 0 aromatic carbocycles. The van der Waals surface area contributed by atoms with Gasteiger partial charge in [0, 0.05) is 23.7 Å². The minimum atomic E-state index is -4.51. The number of esters is 1. The first-order valence-corrected chi connectivity index (χ1v) is 10.7. The average Bonchev–Trinajstić information content (AvgIpc) is 3.31. The summed E-state index contributed by atoms with van der Waals surface area (Å²) >= 11 is 0.866. The first kappa shape index (κ1) is 23.9. The van der Waals surface area contributed by atoms with Crippen molar-refractivity contribution < 1.29 is 32.3 Å². The Hall–Kier alpha value is -2.79. The van der Waals surface area contributed by atoms with Gasteiger partial charge in [0.1, 0.15) is 11.7 Å². The molecule has 1 aliphatic rings. The van der Waals surface area contributed by atoms with E-state index in [1.54, 1.807) is 32.9 Å². The van der Waals surface area contributed by atoms with Crippen molar-refractivity contribution in [2.45, 2.75) is 45.1 Å². The molecular weight excluding hydrogens is 447 g/mol. The van der Waals surface area contributed by atoms with E-state index in [4.69, 9.17) is 4.74 Å². The number of ether oxygens (including phenoxy) is 1. The van der Waals surface area contributed by atoms with Gasteiger partial charge in [-0.15, -0.1) is 11.3 Å². The van der Waals surface area contributed by atoms with Crippen molar-refractivity contribution in [1.29, 1.82) is 0 Å². The van der Waals surface area contributed by atoms with Crippen LogP contribution in [0.15, 0.2) is 29.8 Å². The van der Waals surface area contributed by atoms with Crippen molar-refractivity contribution in [3.63, 3.8) is 0 Å². The number of thiophene rings is 1. The third kappa shape index (κ3) is 4.68. The minimum Gasteiger partial charge on any atom is -0.461 e. The zero-order chi connectivity index (χ0) is 23.7. The van der Waals surface area contributed by atoms with Crippen molar-refractivity contribution in [2.24, 2.45) is 0 Å². The van der Waals surface area contributed by atoms with Crippen LogP contribution >= 0.6 is 11.3 Å². The van der Waals surface area contributed by atoms with Gasteiger partial charge in [-0.25, -0.2) is 9.78 Å². The van der Waals surface area contributed by atoms with E-state index in [0.717, 1.165) is 22.8 Å². The summed E-state index contributed by atoms with van der Waals surface area (Å²) in [5, 5.41) is 1.23. The van der Waals surface area contributed by atoms with Gasteiger partial charge in [-0.3, -0.25) is 14.5 Å². The van der Waals surface area contributed by atoms with Crippen LogP contribution < -0.4 is 4.90 Å². The van der Waals surface area contributed by atoms with Crippen molar-refractivity contribution >= 4 is 34.4 Å². The Balaban J connectivity index is 1.92. The van der Waals surface area contributed by atoms with Gasteiger partial charge in [-0.1, -0.05) is 0 Å². The normalized spacial score (nSPS) is 18.6. The van der Waals surface area contributed by atoms with Crippen LogP contribution in [0.25, 0.3) is 0 Å². The molecule has 0 bridgehead atoms. The number of Topliss-reactive ketones (excluding diaryl/α,β-unsaturated/α-hetero) is 1. The van der Waals surface area contributed by atoms with Crippen LogP contribution in [0, 0.1) is 0 Å². The molecule has 172 valence electrons. The number of halogens is 3. The summed E-state index contributed by atoms with van der Waals surface area (Å²) < 4.78 is 44.2. The molecular formula is C21H22F3N3O4S. The highest BCUT2D eigenvalue weighted by molar-refractivity contribution is 7.14. The molecule has 2 aromatic rings. The number of anilines is 1. The van der Waals surface area contributed by atoms with Crippen LogP contribution in [0.3, 0.4) is 0 Å². The molecule has 1 unspecified atom stereocenters. The van der Waals surface area contributed by atoms with E-state index in [2.05, 4.69) is 4.98 Å². The molecule has 1 fully saturated rings. The first-order chi connectivity index (χ1) is 15.0. The second kappa shape index (κ2) is 8.99. The fourth-order valence-corrected chi connectivity index (χ4v) is 4.70. The predicted molar refractivity (Wildman–Crippen MR) is 111 cm³/mol. The highest BCUT2D eigenvalue weighted by Crippen LogP contribution is 2.41. The van der Waals surface area contributed by atoms with Crippen LogP contribution in [-0.4, -0.2) is 52.8 Å². The van der Waals surface area contributed by atoms with E-state index >= 15 is 0 Å². The molecule has 0 saturated carbocycles. The molecule has 0 amide bonds. The Morgan fingerprint density at radius 3 is 2.66 bits per heavy atom. The maximum Gasteiger partial charge on any atom is 0.417 e. The van der Waals surface area contributed by atoms with Crippen molar-refractivity contribution in [3.05, 3.63) is 46.6 Å². The average molecular weight is 469 g/mol. The van der Waals surface area contributed by atoms with Crippen LogP contribution in [0.2, 0.25) is 0 Å². The summed E-state index contributed by atoms with van der Waals surface area (Å²) in [6, 6.07) is 3.29. The molecule has 3 heterocycles. The van der Waals surface area contributed by atoms with Gasteiger partial charge in [0.05, 0.1) is 23.8 Å². The number of pyridine rings is 1. The molecule has 0 radical (unpaired) electrons. The fraction of sp³-hybridized carbons (Fsp3) is 0.429. The van der Waals surface area contributed by atoms with E-state index in [0.29, 0.717) is 5.56 Å². The number of aldehydes is 1. The van der Waals surface area contributed by atoms with E-state index in [1.165, 1.54) is 11.1 Å². The maximum atomic E-state index is 13.1. The summed E-state index contributed by atoms with van der Waals surface area (Å²) in [5.41, 5.74) is -0.850. The van der Waals surface area contributed by atoms with Gasteiger partial charge < -0.3 is 9.64 Å². The van der Waals surface area contributed by atoms with Gasteiger partial charge in [0.2, 0.25) is 5.78 Å². The van der Waals surface area contributed by atoms with E-state index < -0.39 is 35.1 Å². The highest BCUT2D eigenvalue weighted by Gasteiger charge is 2.50. The Labute approximate surface area is 186 Å². The third-order valence-electron chi connectivity index (χ3n) is 5.38. The van der Waals surface area contributed by atoms with Crippen molar-refractivity contribution in [3.8, 4) is 0 Å². The second-order valence-electron chi connectivity index (χ2n) is 7.83. The number of ketones is 1. The molecule has 1 saturated heterocycles. The van der Waals surface area contributed by atoms with Gasteiger partial charge in [-0.05, 0) is 44.5 Å². The molecule has 3 rings (SSSR count). The molecule has 32 heavy (non-hydrogen) atoms. The summed E-state index contributed by atoms with van der Waals surface area (Å²) in [6.45, 7) is 5.79. The maximum absolute atomic E-state index is 13.1. The Morgan fingerprint density at radius 1 is 1.34 bits per heavy atom.